The summed E-state index contributed by atoms with van der Waals surface area (Å²) in [5.41, 5.74) is 2.08. The Morgan fingerprint density at radius 1 is 1.29 bits per heavy atom. The van der Waals surface area contributed by atoms with Gasteiger partial charge in [0.05, 0.1) is 6.54 Å². The molecule has 0 unspecified atom stereocenters. The minimum Gasteiger partial charge on any atom is -0.543 e. The summed E-state index contributed by atoms with van der Waals surface area (Å²) in [6.07, 6.45) is 5.65. The first kappa shape index (κ1) is 15.5. The van der Waals surface area contributed by atoms with E-state index >= 15 is 0 Å². The van der Waals surface area contributed by atoms with Gasteiger partial charge in [0, 0.05) is 18.6 Å². The zero-order chi connectivity index (χ0) is 15.5. The van der Waals surface area contributed by atoms with E-state index in [4.69, 9.17) is 4.43 Å². The monoisotopic (exact) mass is 301 g/mol. The first-order valence-corrected chi connectivity index (χ1v) is 10.6. The molecule has 21 heavy (non-hydrogen) atoms. The van der Waals surface area contributed by atoms with Crippen LogP contribution in [0.15, 0.2) is 35.6 Å². The van der Waals surface area contributed by atoms with Gasteiger partial charge in [-0.3, -0.25) is 4.99 Å². The van der Waals surface area contributed by atoms with E-state index in [2.05, 4.69) is 53.2 Å². The highest BCUT2D eigenvalue weighted by Gasteiger charge is 2.18. The van der Waals surface area contributed by atoms with Crippen LogP contribution in [0.1, 0.15) is 11.4 Å². The SMILES string of the molecule is Cc1ccc(N=CCn2ccnc2C)c(O[Si](C)(C)C)c1. The third-order valence-electron chi connectivity index (χ3n) is 2.96. The van der Waals surface area contributed by atoms with Gasteiger partial charge in [0.2, 0.25) is 8.32 Å². The topological polar surface area (TPSA) is 39.4 Å². The van der Waals surface area contributed by atoms with Crippen LogP contribution in [-0.2, 0) is 6.54 Å². The summed E-state index contributed by atoms with van der Waals surface area (Å²) in [5, 5.41) is 0. The van der Waals surface area contributed by atoms with Crippen molar-refractivity contribution < 1.29 is 4.43 Å². The fourth-order valence-electron chi connectivity index (χ4n) is 1.96. The fraction of sp³-hybridized carbons (Fsp3) is 0.375. The average Bonchev–Trinajstić information content (AvgIpc) is 2.76. The number of aliphatic imine (C=N–C) groups is 1. The number of hydrogen-bond acceptors (Lipinski definition) is 3. The maximum Gasteiger partial charge on any atom is 0.242 e. The molecule has 0 atom stereocenters. The van der Waals surface area contributed by atoms with Crippen molar-refractivity contribution in [2.24, 2.45) is 4.99 Å². The number of imidazole rings is 1. The summed E-state index contributed by atoms with van der Waals surface area (Å²) in [6.45, 7) is 11.3. The number of nitrogens with zero attached hydrogens (tertiary/aromatic N) is 3. The molecule has 0 bridgehead atoms. The van der Waals surface area contributed by atoms with Gasteiger partial charge in [0.25, 0.3) is 0 Å². The summed E-state index contributed by atoms with van der Waals surface area (Å²) in [4.78, 5) is 8.77. The molecular formula is C16H23N3OSi. The van der Waals surface area contributed by atoms with Gasteiger partial charge in [-0.15, -0.1) is 0 Å². The molecule has 1 aromatic carbocycles. The number of rotatable bonds is 5. The van der Waals surface area contributed by atoms with Crippen LogP contribution in [-0.4, -0.2) is 24.1 Å². The van der Waals surface area contributed by atoms with Gasteiger partial charge in [0.1, 0.15) is 17.3 Å². The third-order valence-corrected chi connectivity index (χ3v) is 3.80. The average molecular weight is 301 g/mol. The second kappa shape index (κ2) is 6.26. The molecule has 0 spiro atoms. The normalized spacial score (nSPS) is 12.0. The molecule has 2 aromatic rings. The zero-order valence-corrected chi connectivity index (χ0v) is 14.4. The van der Waals surface area contributed by atoms with Gasteiger partial charge in [-0.2, -0.15) is 0 Å². The van der Waals surface area contributed by atoms with Gasteiger partial charge in [-0.25, -0.2) is 4.98 Å². The minimum atomic E-state index is -1.64. The number of aromatic nitrogens is 2. The van der Waals surface area contributed by atoms with Crippen molar-refractivity contribution in [3.63, 3.8) is 0 Å². The van der Waals surface area contributed by atoms with E-state index in [1.165, 1.54) is 5.56 Å². The molecule has 5 heteroatoms. The van der Waals surface area contributed by atoms with Crippen LogP contribution in [0, 0.1) is 13.8 Å². The van der Waals surface area contributed by atoms with Crippen LogP contribution >= 0.6 is 0 Å². The Morgan fingerprint density at radius 3 is 2.67 bits per heavy atom. The molecule has 112 valence electrons. The molecule has 0 aliphatic carbocycles. The van der Waals surface area contributed by atoms with Crippen molar-refractivity contribution in [1.29, 1.82) is 0 Å². The van der Waals surface area contributed by atoms with Gasteiger partial charge in [0.15, 0.2) is 0 Å². The predicted octanol–water partition coefficient (Wildman–Crippen LogP) is 4.12. The summed E-state index contributed by atoms with van der Waals surface area (Å²) in [5.74, 6) is 1.87. The lowest BCUT2D eigenvalue weighted by atomic mass is 10.2. The summed E-state index contributed by atoms with van der Waals surface area (Å²) in [7, 11) is -1.64. The molecule has 0 amide bonds. The Labute approximate surface area is 127 Å². The van der Waals surface area contributed by atoms with Crippen LogP contribution in [0.25, 0.3) is 0 Å². The van der Waals surface area contributed by atoms with E-state index in [9.17, 15) is 0 Å². The lowest BCUT2D eigenvalue weighted by Gasteiger charge is -2.20. The lowest BCUT2D eigenvalue weighted by molar-refractivity contribution is 0.558. The highest BCUT2D eigenvalue weighted by Crippen LogP contribution is 2.30. The molecule has 0 saturated carbocycles. The van der Waals surface area contributed by atoms with Gasteiger partial charge in [-0.1, -0.05) is 6.07 Å². The molecule has 0 fully saturated rings. The maximum atomic E-state index is 6.13. The Bertz CT molecular complexity index is 641. The minimum absolute atomic E-state index is 0.714. The number of hydrogen-bond donors (Lipinski definition) is 0. The van der Waals surface area contributed by atoms with Crippen molar-refractivity contribution in [2.45, 2.75) is 40.0 Å². The Morgan fingerprint density at radius 2 is 2.05 bits per heavy atom. The number of benzene rings is 1. The molecule has 1 aromatic heterocycles. The van der Waals surface area contributed by atoms with E-state index in [0.717, 1.165) is 17.3 Å². The molecule has 0 aliphatic heterocycles. The van der Waals surface area contributed by atoms with Crippen LogP contribution in [0.3, 0.4) is 0 Å². The Kier molecular flexibility index (Phi) is 4.62. The fourth-order valence-corrected chi connectivity index (χ4v) is 2.79. The number of aryl methyl sites for hydroxylation is 2. The second-order valence-corrected chi connectivity index (χ2v) is 10.6. The van der Waals surface area contributed by atoms with Crippen LogP contribution in [0.4, 0.5) is 5.69 Å². The Balaban J connectivity index is 2.17. The largest absolute Gasteiger partial charge is 0.543 e. The molecular weight excluding hydrogens is 278 g/mol. The molecule has 0 saturated heterocycles. The molecule has 4 nitrogen and oxygen atoms in total. The predicted molar refractivity (Wildman–Crippen MR) is 90.3 cm³/mol. The van der Waals surface area contributed by atoms with Crippen molar-refractivity contribution in [2.75, 3.05) is 0 Å². The standard InChI is InChI=1S/C16H23N3OSi/c1-13-6-7-15(16(12-13)20-21(3,4)5)18-9-11-19-10-8-17-14(19)2/h6-10,12H,11H2,1-5H3. The smallest absolute Gasteiger partial charge is 0.242 e. The molecule has 0 N–H and O–H groups in total. The van der Waals surface area contributed by atoms with Crippen LogP contribution < -0.4 is 4.43 Å². The van der Waals surface area contributed by atoms with Gasteiger partial charge in [-0.05, 0) is 51.2 Å². The van der Waals surface area contributed by atoms with E-state index < -0.39 is 8.32 Å². The molecule has 0 radical (unpaired) electrons. The molecule has 0 aliphatic rings. The van der Waals surface area contributed by atoms with Gasteiger partial charge < -0.3 is 8.99 Å². The third kappa shape index (κ3) is 4.56. The highest BCUT2D eigenvalue weighted by atomic mass is 28.4. The molecule has 2 rings (SSSR count). The zero-order valence-electron chi connectivity index (χ0n) is 13.4. The summed E-state index contributed by atoms with van der Waals surface area (Å²) in [6, 6.07) is 6.14. The van der Waals surface area contributed by atoms with Crippen molar-refractivity contribution >= 4 is 20.2 Å². The first-order chi connectivity index (χ1) is 9.85. The van der Waals surface area contributed by atoms with Crippen molar-refractivity contribution in [1.82, 2.24) is 9.55 Å². The molecule has 1 heterocycles. The quantitative estimate of drug-likeness (QED) is 0.615. The van der Waals surface area contributed by atoms with Crippen molar-refractivity contribution in [3.05, 3.63) is 42.0 Å². The van der Waals surface area contributed by atoms with Gasteiger partial charge >= 0.3 is 0 Å². The summed E-state index contributed by atoms with van der Waals surface area (Å²) >= 11 is 0. The first-order valence-electron chi connectivity index (χ1n) is 7.15. The highest BCUT2D eigenvalue weighted by molar-refractivity contribution is 6.70. The van der Waals surface area contributed by atoms with E-state index in [1.54, 1.807) is 6.20 Å². The van der Waals surface area contributed by atoms with Crippen LogP contribution in [0.5, 0.6) is 5.75 Å². The Hall–Kier alpha value is -1.88. The summed E-state index contributed by atoms with van der Waals surface area (Å²) < 4.78 is 8.18. The maximum absolute atomic E-state index is 6.13. The van der Waals surface area contributed by atoms with E-state index in [0.29, 0.717) is 6.54 Å². The second-order valence-electron chi connectivity index (χ2n) is 6.12. The lowest BCUT2D eigenvalue weighted by Crippen LogP contribution is -2.29. The van der Waals surface area contributed by atoms with Crippen molar-refractivity contribution in [3.8, 4) is 5.75 Å². The van der Waals surface area contributed by atoms with Crippen LogP contribution in [0.2, 0.25) is 19.6 Å². The van der Waals surface area contributed by atoms with E-state index in [1.807, 2.05) is 25.4 Å². The van der Waals surface area contributed by atoms with E-state index in [-0.39, 0.29) is 0 Å².